The molecule has 3 rings (SSSR count). The zero-order valence-corrected chi connectivity index (χ0v) is 18.5. The Balaban J connectivity index is 1.78. The van der Waals surface area contributed by atoms with Gasteiger partial charge in [0, 0.05) is 18.7 Å². The molecule has 1 heterocycles. The summed E-state index contributed by atoms with van der Waals surface area (Å²) >= 11 is 0. The largest absolute Gasteiger partial charge is 0.496 e. The molecule has 31 heavy (non-hydrogen) atoms. The van der Waals surface area contributed by atoms with Crippen LogP contribution in [0.4, 0.5) is 0 Å². The van der Waals surface area contributed by atoms with Crippen LogP contribution >= 0.6 is 0 Å². The molecule has 2 aromatic carbocycles. The number of carbonyl (C=O) groups is 2. The van der Waals surface area contributed by atoms with Gasteiger partial charge in [-0.15, -0.1) is 0 Å². The minimum Gasteiger partial charge on any atom is -0.496 e. The van der Waals surface area contributed by atoms with Gasteiger partial charge in [0.05, 0.1) is 25.2 Å². The third-order valence-corrected chi connectivity index (χ3v) is 7.06. The molecule has 0 aliphatic carbocycles. The molecule has 0 bridgehead atoms. The predicted molar refractivity (Wildman–Crippen MR) is 113 cm³/mol. The number of rotatable bonds is 7. The zero-order valence-electron chi connectivity index (χ0n) is 17.7. The van der Waals surface area contributed by atoms with E-state index in [0.29, 0.717) is 18.8 Å². The molecule has 0 unspecified atom stereocenters. The van der Waals surface area contributed by atoms with E-state index in [2.05, 4.69) is 0 Å². The number of Topliss-reactive ketones (excluding diaryl/α,β-unsaturated/α-hetero) is 1. The number of hydrogen-bond acceptors (Lipinski definition) is 7. The van der Waals surface area contributed by atoms with Gasteiger partial charge in [0.25, 0.3) is 0 Å². The van der Waals surface area contributed by atoms with E-state index < -0.39 is 22.6 Å². The molecule has 0 atom stereocenters. The molecule has 8 nitrogen and oxygen atoms in total. The molecule has 0 saturated carbocycles. The van der Waals surface area contributed by atoms with Crippen molar-refractivity contribution in [2.24, 2.45) is 0 Å². The first-order valence-electron chi connectivity index (χ1n) is 9.77. The van der Waals surface area contributed by atoms with Gasteiger partial charge in [0.2, 0.25) is 10.0 Å². The summed E-state index contributed by atoms with van der Waals surface area (Å²) in [5.41, 5.74) is 2.38. The molecule has 1 aliphatic heterocycles. The summed E-state index contributed by atoms with van der Waals surface area (Å²) in [5.74, 6) is -1.04. The number of hydrogen-bond donors (Lipinski definition) is 0. The standard InChI is InChI=1S/C22H25NO7S/c1-15-4-5-17(12-16(15)2)20(24)14-30-22(25)19-13-18(6-7-21(19)28-3)31(26,27)23-8-10-29-11-9-23/h4-7,12-13H,8-11,14H2,1-3H3. The number of sulfonamides is 1. The molecular formula is C22H25NO7S. The SMILES string of the molecule is COc1ccc(S(=O)(=O)N2CCOCC2)cc1C(=O)OCC(=O)c1ccc(C)c(C)c1. The number of esters is 1. The highest BCUT2D eigenvalue weighted by Crippen LogP contribution is 2.26. The fourth-order valence-electron chi connectivity index (χ4n) is 3.15. The highest BCUT2D eigenvalue weighted by Gasteiger charge is 2.28. The second kappa shape index (κ2) is 9.59. The van der Waals surface area contributed by atoms with E-state index in [1.165, 1.54) is 29.6 Å². The van der Waals surface area contributed by atoms with E-state index in [1.807, 2.05) is 19.9 Å². The van der Waals surface area contributed by atoms with Crippen LogP contribution < -0.4 is 4.74 Å². The fourth-order valence-corrected chi connectivity index (χ4v) is 4.58. The van der Waals surface area contributed by atoms with Gasteiger partial charge in [-0.3, -0.25) is 4.79 Å². The Morgan fingerprint density at radius 3 is 2.39 bits per heavy atom. The van der Waals surface area contributed by atoms with E-state index >= 15 is 0 Å². The first-order chi connectivity index (χ1) is 14.7. The highest BCUT2D eigenvalue weighted by molar-refractivity contribution is 7.89. The molecule has 166 valence electrons. The van der Waals surface area contributed by atoms with Crippen LogP contribution in [-0.4, -0.2) is 64.5 Å². The lowest BCUT2D eigenvalue weighted by Gasteiger charge is -2.26. The number of aryl methyl sites for hydroxylation is 2. The van der Waals surface area contributed by atoms with Gasteiger partial charge < -0.3 is 14.2 Å². The summed E-state index contributed by atoms with van der Waals surface area (Å²) in [6, 6.07) is 9.23. The van der Waals surface area contributed by atoms with Gasteiger partial charge >= 0.3 is 5.97 Å². The van der Waals surface area contributed by atoms with Gasteiger partial charge in [-0.25, -0.2) is 13.2 Å². The molecule has 0 spiro atoms. The second-order valence-electron chi connectivity index (χ2n) is 7.18. The molecule has 0 radical (unpaired) electrons. The van der Waals surface area contributed by atoms with Crippen molar-refractivity contribution in [2.45, 2.75) is 18.7 Å². The molecule has 0 N–H and O–H groups in total. The Labute approximate surface area is 181 Å². The van der Waals surface area contributed by atoms with E-state index in [-0.39, 0.29) is 35.1 Å². The van der Waals surface area contributed by atoms with Crippen LogP contribution in [0.5, 0.6) is 5.75 Å². The van der Waals surface area contributed by atoms with Gasteiger partial charge in [-0.05, 0) is 49.2 Å². The van der Waals surface area contributed by atoms with Crippen LogP contribution in [0.25, 0.3) is 0 Å². The molecule has 1 fully saturated rings. The van der Waals surface area contributed by atoms with Crippen molar-refractivity contribution in [3.8, 4) is 5.75 Å². The zero-order chi connectivity index (χ0) is 22.6. The Hall–Kier alpha value is -2.75. The lowest BCUT2D eigenvalue weighted by molar-refractivity contribution is 0.0471. The normalized spacial score (nSPS) is 14.8. The van der Waals surface area contributed by atoms with Crippen molar-refractivity contribution in [3.63, 3.8) is 0 Å². The van der Waals surface area contributed by atoms with Crippen LogP contribution in [0.2, 0.25) is 0 Å². The van der Waals surface area contributed by atoms with Crippen LogP contribution in [0.1, 0.15) is 31.8 Å². The van der Waals surface area contributed by atoms with Crippen molar-refractivity contribution in [1.82, 2.24) is 4.31 Å². The number of methoxy groups -OCH3 is 1. The second-order valence-corrected chi connectivity index (χ2v) is 9.11. The topological polar surface area (TPSA) is 99.2 Å². The minimum absolute atomic E-state index is 0.0531. The third kappa shape index (κ3) is 5.12. The number of ether oxygens (including phenoxy) is 3. The molecule has 1 aliphatic rings. The third-order valence-electron chi connectivity index (χ3n) is 5.16. The summed E-state index contributed by atoms with van der Waals surface area (Å²) in [7, 11) is -2.44. The average Bonchev–Trinajstić information content (AvgIpc) is 2.79. The first-order valence-corrected chi connectivity index (χ1v) is 11.2. The minimum atomic E-state index is -3.80. The van der Waals surface area contributed by atoms with Crippen molar-refractivity contribution in [3.05, 3.63) is 58.7 Å². The van der Waals surface area contributed by atoms with Gasteiger partial charge in [0.1, 0.15) is 11.3 Å². The molecule has 9 heteroatoms. The number of benzene rings is 2. The summed E-state index contributed by atoms with van der Waals surface area (Å²) < 4.78 is 42.7. The van der Waals surface area contributed by atoms with E-state index in [1.54, 1.807) is 12.1 Å². The molecule has 0 aromatic heterocycles. The maximum Gasteiger partial charge on any atom is 0.342 e. The fraction of sp³-hybridized carbons (Fsp3) is 0.364. The van der Waals surface area contributed by atoms with E-state index in [0.717, 1.165) is 11.1 Å². The lowest BCUT2D eigenvalue weighted by Crippen LogP contribution is -2.40. The predicted octanol–water partition coefficient (Wildman–Crippen LogP) is 2.37. The molecule has 0 amide bonds. The highest BCUT2D eigenvalue weighted by atomic mass is 32.2. The van der Waals surface area contributed by atoms with Crippen molar-refractivity contribution in [2.75, 3.05) is 40.0 Å². The number of carbonyl (C=O) groups excluding carboxylic acids is 2. The first kappa shape index (κ1) is 22.9. The Kier molecular flexibility index (Phi) is 7.09. The van der Waals surface area contributed by atoms with Gasteiger partial charge in [-0.2, -0.15) is 4.31 Å². The summed E-state index contributed by atoms with van der Waals surface area (Å²) in [6.45, 7) is 4.45. The Bertz CT molecular complexity index is 1090. The number of ketones is 1. The Morgan fingerprint density at radius 2 is 1.74 bits per heavy atom. The smallest absolute Gasteiger partial charge is 0.342 e. The lowest BCUT2D eigenvalue weighted by atomic mass is 10.0. The van der Waals surface area contributed by atoms with Gasteiger partial charge in [0.15, 0.2) is 12.4 Å². The average molecular weight is 448 g/mol. The monoisotopic (exact) mass is 447 g/mol. The van der Waals surface area contributed by atoms with E-state index in [9.17, 15) is 18.0 Å². The number of nitrogens with zero attached hydrogens (tertiary/aromatic N) is 1. The van der Waals surface area contributed by atoms with Crippen LogP contribution in [0.15, 0.2) is 41.3 Å². The number of morpholine rings is 1. The summed E-state index contributed by atoms with van der Waals surface area (Å²) in [4.78, 5) is 25.0. The maximum absolute atomic E-state index is 12.9. The van der Waals surface area contributed by atoms with Crippen molar-refractivity contribution >= 4 is 21.8 Å². The van der Waals surface area contributed by atoms with Crippen molar-refractivity contribution < 1.29 is 32.2 Å². The van der Waals surface area contributed by atoms with Crippen LogP contribution in [0, 0.1) is 13.8 Å². The summed E-state index contributed by atoms with van der Waals surface area (Å²) in [6.07, 6.45) is 0. The van der Waals surface area contributed by atoms with Crippen LogP contribution in [0.3, 0.4) is 0 Å². The maximum atomic E-state index is 12.9. The molecular weight excluding hydrogens is 422 g/mol. The van der Waals surface area contributed by atoms with Crippen molar-refractivity contribution in [1.29, 1.82) is 0 Å². The molecule has 2 aromatic rings. The van der Waals surface area contributed by atoms with Crippen LogP contribution in [-0.2, 0) is 19.5 Å². The van der Waals surface area contributed by atoms with E-state index in [4.69, 9.17) is 14.2 Å². The summed E-state index contributed by atoms with van der Waals surface area (Å²) in [5, 5.41) is 0. The molecule has 1 saturated heterocycles. The quantitative estimate of drug-likeness (QED) is 0.475. The van der Waals surface area contributed by atoms with Gasteiger partial charge in [-0.1, -0.05) is 12.1 Å². The Morgan fingerprint density at radius 1 is 1.03 bits per heavy atom.